The van der Waals surface area contributed by atoms with Crippen LogP contribution in [0.4, 0.5) is 8.78 Å². The maximum atomic E-state index is 13.4. The van der Waals surface area contributed by atoms with Gasteiger partial charge in [-0.05, 0) is 42.4 Å². The van der Waals surface area contributed by atoms with Crippen molar-refractivity contribution in [2.75, 3.05) is 0 Å². The van der Waals surface area contributed by atoms with Gasteiger partial charge in [0.2, 0.25) is 0 Å². The lowest BCUT2D eigenvalue weighted by atomic mass is 9.77. The Kier molecular flexibility index (Phi) is 4.32. The van der Waals surface area contributed by atoms with Gasteiger partial charge in [-0.2, -0.15) is 0 Å². The Morgan fingerprint density at radius 2 is 1.83 bits per heavy atom. The molecule has 0 aliphatic heterocycles. The highest BCUT2D eigenvalue weighted by Gasteiger charge is 2.40. The summed E-state index contributed by atoms with van der Waals surface area (Å²) in [7, 11) is 0. The van der Waals surface area contributed by atoms with E-state index in [4.69, 9.17) is 11.6 Å². The zero-order valence-corrected chi connectivity index (χ0v) is 12.6. The van der Waals surface area contributed by atoms with Crippen molar-refractivity contribution in [3.8, 4) is 0 Å². The fourth-order valence-electron chi connectivity index (χ4n) is 2.93. The predicted octanol–water partition coefficient (Wildman–Crippen LogP) is 6.02. The number of halogens is 4. The van der Waals surface area contributed by atoms with Gasteiger partial charge in [-0.1, -0.05) is 47.3 Å². The molecule has 0 N–H and O–H groups in total. The van der Waals surface area contributed by atoms with E-state index in [1.807, 2.05) is 0 Å². The minimum atomic E-state index is -0.888. The molecule has 1 aromatic carbocycles. The SMILES string of the molecule is CCC1(C(Br)c2cc(F)c(F)cc2Cl)CCCC1. The van der Waals surface area contributed by atoms with Crippen LogP contribution < -0.4 is 0 Å². The second kappa shape index (κ2) is 5.46. The maximum Gasteiger partial charge on any atom is 0.160 e. The van der Waals surface area contributed by atoms with Crippen LogP contribution in [0.1, 0.15) is 49.4 Å². The third-order valence-electron chi connectivity index (χ3n) is 4.15. The van der Waals surface area contributed by atoms with Crippen LogP contribution in [0, 0.1) is 17.0 Å². The van der Waals surface area contributed by atoms with Crippen LogP contribution in [0.3, 0.4) is 0 Å². The quantitative estimate of drug-likeness (QED) is 0.467. The Morgan fingerprint density at radius 1 is 1.28 bits per heavy atom. The molecule has 1 aromatic rings. The molecule has 0 heterocycles. The van der Waals surface area contributed by atoms with E-state index in [1.54, 1.807) is 0 Å². The fraction of sp³-hybridized carbons (Fsp3) is 0.571. The Balaban J connectivity index is 2.39. The Morgan fingerprint density at radius 3 is 2.39 bits per heavy atom. The highest BCUT2D eigenvalue weighted by Crippen LogP contribution is 2.55. The molecule has 1 unspecified atom stereocenters. The summed E-state index contributed by atoms with van der Waals surface area (Å²) in [5.74, 6) is -1.72. The average molecular weight is 338 g/mol. The summed E-state index contributed by atoms with van der Waals surface area (Å²) in [4.78, 5) is -0.0138. The minimum Gasteiger partial charge on any atom is -0.204 e. The monoisotopic (exact) mass is 336 g/mol. The molecular weight excluding hydrogens is 322 g/mol. The van der Waals surface area contributed by atoms with Crippen molar-refractivity contribution < 1.29 is 8.78 Å². The van der Waals surface area contributed by atoms with Crippen molar-refractivity contribution in [3.05, 3.63) is 34.4 Å². The topological polar surface area (TPSA) is 0 Å². The van der Waals surface area contributed by atoms with Gasteiger partial charge in [0, 0.05) is 9.85 Å². The molecule has 18 heavy (non-hydrogen) atoms. The first-order valence-electron chi connectivity index (χ1n) is 6.28. The molecule has 1 saturated carbocycles. The third-order valence-corrected chi connectivity index (χ3v) is 5.95. The molecule has 1 atom stereocenters. The van der Waals surface area contributed by atoms with Crippen LogP contribution in [-0.4, -0.2) is 0 Å². The normalized spacial score (nSPS) is 20.1. The van der Waals surface area contributed by atoms with E-state index in [0.717, 1.165) is 25.3 Å². The van der Waals surface area contributed by atoms with Gasteiger partial charge in [-0.3, -0.25) is 0 Å². The fourth-order valence-corrected chi connectivity index (χ4v) is 4.48. The molecule has 4 heteroatoms. The number of alkyl halides is 1. The van der Waals surface area contributed by atoms with Crippen LogP contribution in [-0.2, 0) is 0 Å². The number of benzene rings is 1. The molecule has 0 spiro atoms. The van der Waals surface area contributed by atoms with Crippen LogP contribution in [0.2, 0.25) is 5.02 Å². The van der Waals surface area contributed by atoms with Crippen molar-refractivity contribution in [1.82, 2.24) is 0 Å². The van der Waals surface area contributed by atoms with Crippen LogP contribution in [0.5, 0.6) is 0 Å². The zero-order chi connectivity index (χ0) is 13.3. The van der Waals surface area contributed by atoms with Crippen molar-refractivity contribution in [1.29, 1.82) is 0 Å². The molecule has 0 bridgehead atoms. The van der Waals surface area contributed by atoms with Crippen LogP contribution >= 0.6 is 27.5 Å². The smallest absolute Gasteiger partial charge is 0.160 e. The van der Waals surface area contributed by atoms with Gasteiger partial charge in [-0.15, -0.1) is 0 Å². The Labute approximate surface area is 120 Å². The number of hydrogen-bond donors (Lipinski definition) is 0. The second-order valence-corrected chi connectivity index (χ2v) is 6.40. The summed E-state index contributed by atoms with van der Waals surface area (Å²) in [6, 6.07) is 2.30. The highest BCUT2D eigenvalue weighted by atomic mass is 79.9. The summed E-state index contributed by atoms with van der Waals surface area (Å²) in [5, 5.41) is 0.301. The molecule has 1 fully saturated rings. The first-order chi connectivity index (χ1) is 8.50. The van der Waals surface area contributed by atoms with Gasteiger partial charge in [0.15, 0.2) is 11.6 Å². The molecule has 0 saturated heterocycles. The summed E-state index contributed by atoms with van der Waals surface area (Å²) < 4.78 is 26.5. The van der Waals surface area contributed by atoms with Gasteiger partial charge < -0.3 is 0 Å². The molecule has 0 aromatic heterocycles. The van der Waals surface area contributed by atoms with Gasteiger partial charge in [-0.25, -0.2) is 8.78 Å². The van der Waals surface area contributed by atoms with Crippen LogP contribution in [0.25, 0.3) is 0 Å². The molecule has 1 aliphatic carbocycles. The molecule has 100 valence electrons. The first-order valence-corrected chi connectivity index (χ1v) is 7.58. The average Bonchev–Trinajstić information content (AvgIpc) is 2.83. The van der Waals surface area contributed by atoms with Crippen molar-refractivity contribution in [3.63, 3.8) is 0 Å². The minimum absolute atomic E-state index is 0.0138. The van der Waals surface area contributed by atoms with E-state index in [9.17, 15) is 8.78 Å². The van der Waals surface area contributed by atoms with E-state index in [2.05, 4.69) is 22.9 Å². The molecule has 1 aliphatic rings. The Hall–Kier alpha value is -0.150. The third kappa shape index (κ3) is 2.44. The molecule has 2 rings (SSSR count). The van der Waals surface area contributed by atoms with Gasteiger partial charge in [0.25, 0.3) is 0 Å². The van der Waals surface area contributed by atoms with E-state index >= 15 is 0 Å². The van der Waals surface area contributed by atoms with Gasteiger partial charge in [0.1, 0.15) is 0 Å². The van der Waals surface area contributed by atoms with Crippen molar-refractivity contribution in [2.24, 2.45) is 5.41 Å². The summed E-state index contributed by atoms with van der Waals surface area (Å²) in [6.07, 6.45) is 5.61. The summed E-state index contributed by atoms with van der Waals surface area (Å²) >= 11 is 9.72. The number of rotatable bonds is 3. The number of hydrogen-bond acceptors (Lipinski definition) is 0. The summed E-state index contributed by atoms with van der Waals surface area (Å²) in [5.41, 5.74) is 0.785. The lowest BCUT2D eigenvalue weighted by Crippen LogP contribution is -2.21. The highest BCUT2D eigenvalue weighted by molar-refractivity contribution is 9.09. The predicted molar refractivity (Wildman–Crippen MR) is 74.2 cm³/mol. The van der Waals surface area contributed by atoms with E-state index < -0.39 is 11.6 Å². The zero-order valence-electron chi connectivity index (χ0n) is 10.3. The first kappa shape index (κ1) is 14.3. The van der Waals surface area contributed by atoms with Gasteiger partial charge in [0.05, 0.1) is 0 Å². The van der Waals surface area contributed by atoms with E-state index in [1.165, 1.54) is 18.9 Å². The lowest BCUT2D eigenvalue weighted by Gasteiger charge is -2.34. The molecular formula is C14H16BrClF2. The van der Waals surface area contributed by atoms with Gasteiger partial charge >= 0.3 is 0 Å². The lowest BCUT2D eigenvalue weighted by molar-refractivity contribution is 0.279. The van der Waals surface area contributed by atoms with E-state index in [0.29, 0.717) is 10.6 Å². The summed E-state index contributed by atoms with van der Waals surface area (Å²) in [6.45, 7) is 2.15. The second-order valence-electron chi connectivity index (χ2n) is 5.07. The van der Waals surface area contributed by atoms with Crippen molar-refractivity contribution in [2.45, 2.75) is 43.9 Å². The van der Waals surface area contributed by atoms with Crippen LogP contribution in [0.15, 0.2) is 12.1 Å². The largest absolute Gasteiger partial charge is 0.204 e. The molecule has 0 radical (unpaired) electrons. The Bertz CT molecular complexity index is 442. The standard InChI is InChI=1S/C14H16BrClF2/c1-2-14(5-3-4-6-14)13(15)9-7-11(17)12(18)8-10(9)16/h7-8,13H,2-6H2,1H3. The molecule has 0 nitrogen and oxygen atoms in total. The maximum absolute atomic E-state index is 13.4. The molecule has 0 amide bonds. The van der Waals surface area contributed by atoms with E-state index in [-0.39, 0.29) is 10.2 Å². The van der Waals surface area contributed by atoms with Crippen molar-refractivity contribution >= 4 is 27.5 Å².